The number of rotatable bonds is 1. The maximum absolute atomic E-state index is 3.99. The van der Waals surface area contributed by atoms with Crippen molar-refractivity contribution in [1.29, 1.82) is 0 Å². The summed E-state index contributed by atoms with van der Waals surface area (Å²) in [6, 6.07) is 0. The second kappa shape index (κ2) is 2.39. The van der Waals surface area contributed by atoms with Gasteiger partial charge >= 0.3 is 0 Å². The monoisotopic (exact) mass is 170 g/mol. The first-order chi connectivity index (χ1) is 4.97. The SMILES string of the molecule is c1snnc1-c1cnsn1. The zero-order chi connectivity index (χ0) is 6.81. The van der Waals surface area contributed by atoms with Crippen LogP contribution in [0.4, 0.5) is 0 Å². The number of aromatic nitrogens is 4. The lowest BCUT2D eigenvalue weighted by Crippen LogP contribution is -1.74. The van der Waals surface area contributed by atoms with Crippen LogP contribution in [0, 0.1) is 0 Å². The zero-order valence-corrected chi connectivity index (χ0v) is 6.39. The average molecular weight is 170 g/mol. The van der Waals surface area contributed by atoms with E-state index in [0.717, 1.165) is 11.4 Å². The van der Waals surface area contributed by atoms with Crippen LogP contribution < -0.4 is 0 Å². The van der Waals surface area contributed by atoms with Gasteiger partial charge in [0.1, 0.15) is 11.4 Å². The van der Waals surface area contributed by atoms with Crippen molar-refractivity contribution in [3.8, 4) is 11.4 Å². The molecule has 0 saturated heterocycles. The Balaban J connectivity index is 2.48. The molecule has 0 N–H and O–H groups in total. The minimum Gasteiger partial charge on any atom is -0.181 e. The molecule has 2 aromatic heterocycles. The van der Waals surface area contributed by atoms with Gasteiger partial charge in [-0.25, -0.2) is 0 Å². The molecule has 2 rings (SSSR count). The lowest BCUT2D eigenvalue weighted by atomic mass is 10.4. The molecule has 2 aromatic rings. The van der Waals surface area contributed by atoms with Gasteiger partial charge in [-0.05, 0) is 11.5 Å². The summed E-state index contributed by atoms with van der Waals surface area (Å²) in [6.07, 6.45) is 1.68. The van der Waals surface area contributed by atoms with E-state index in [1.165, 1.54) is 23.3 Å². The third kappa shape index (κ3) is 0.910. The van der Waals surface area contributed by atoms with Gasteiger partial charge in [0, 0.05) is 5.38 Å². The molecular weight excluding hydrogens is 168 g/mol. The fourth-order valence-electron chi connectivity index (χ4n) is 0.554. The van der Waals surface area contributed by atoms with Gasteiger partial charge in [-0.15, -0.1) is 5.10 Å². The van der Waals surface area contributed by atoms with Crippen molar-refractivity contribution in [2.75, 3.05) is 0 Å². The maximum atomic E-state index is 3.99. The predicted octanol–water partition coefficient (Wildman–Crippen LogP) is 1.06. The van der Waals surface area contributed by atoms with E-state index in [2.05, 4.69) is 18.3 Å². The third-order valence-corrected chi connectivity index (χ3v) is 1.97. The van der Waals surface area contributed by atoms with Crippen LogP contribution in [0.3, 0.4) is 0 Å². The van der Waals surface area contributed by atoms with Crippen molar-refractivity contribution in [2.45, 2.75) is 0 Å². The van der Waals surface area contributed by atoms with Gasteiger partial charge < -0.3 is 0 Å². The molecular formula is C4H2N4S2. The standard InChI is InChI=1S/C4H2N4S2/c1-3(7-10-5-1)4-2-9-8-6-4/h1-2H. The van der Waals surface area contributed by atoms with Crippen LogP contribution in [0.1, 0.15) is 0 Å². The van der Waals surface area contributed by atoms with Gasteiger partial charge in [0.15, 0.2) is 0 Å². The molecule has 0 spiro atoms. The van der Waals surface area contributed by atoms with Gasteiger partial charge in [0.2, 0.25) is 0 Å². The van der Waals surface area contributed by atoms with Crippen molar-refractivity contribution in [3.63, 3.8) is 0 Å². The number of hydrogen-bond donors (Lipinski definition) is 0. The summed E-state index contributed by atoms with van der Waals surface area (Å²) in [4.78, 5) is 0. The number of hydrogen-bond acceptors (Lipinski definition) is 6. The Hall–Kier alpha value is -0.880. The van der Waals surface area contributed by atoms with E-state index in [9.17, 15) is 0 Å². The van der Waals surface area contributed by atoms with E-state index in [-0.39, 0.29) is 0 Å². The van der Waals surface area contributed by atoms with Crippen LogP contribution in [-0.2, 0) is 0 Å². The Bertz CT molecular complexity index is 255. The fourth-order valence-corrected chi connectivity index (χ4v) is 1.43. The number of nitrogens with zero attached hydrogens (tertiary/aromatic N) is 4. The van der Waals surface area contributed by atoms with E-state index >= 15 is 0 Å². The highest BCUT2D eigenvalue weighted by atomic mass is 32.1. The highest BCUT2D eigenvalue weighted by Gasteiger charge is 2.01. The van der Waals surface area contributed by atoms with Crippen LogP contribution in [0.5, 0.6) is 0 Å². The smallest absolute Gasteiger partial charge is 0.127 e. The summed E-state index contributed by atoms with van der Waals surface area (Å²) in [5, 5.41) is 5.68. The molecule has 0 aromatic carbocycles. The third-order valence-electron chi connectivity index (χ3n) is 0.984. The maximum Gasteiger partial charge on any atom is 0.127 e. The van der Waals surface area contributed by atoms with Gasteiger partial charge in [-0.1, -0.05) is 4.49 Å². The molecule has 6 heteroatoms. The van der Waals surface area contributed by atoms with Gasteiger partial charge in [0.25, 0.3) is 0 Å². The van der Waals surface area contributed by atoms with Crippen LogP contribution >= 0.6 is 23.3 Å². The van der Waals surface area contributed by atoms with Crippen molar-refractivity contribution in [1.82, 2.24) is 18.3 Å². The lowest BCUT2D eigenvalue weighted by Gasteiger charge is -1.78. The van der Waals surface area contributed by atoms with E-state index in [1.54, 1.807) is 6.20 Å². The highest BCUT2D eigenvalue weighted by molar-refractivity contribution is 7.03. The summed E-state index contributed by atoms with van der Waals surface area (Å²) >= 11 is 2.49. The quantitative estimate of drug-likeness (QED) is 0.642. The first kappa shape index (κ1) is 5.87. The molecule has 0 aliphatic heterocycles. The zero-order valence-electron chi connectivity index (χ0n) is 4.76. The molecule has 0 aliphatic carbocycles. The van der Waals surface area contributed by atoms with E-state index in [4.69, 9.17) is 0 Å². The summed E-state index contributed by atoms with van der Waals surface area (Å²) in [5.74, 6) is 0. The van der Waals surface area contributed by atoms with Crippen molar-refractivity contribution >= 4 is 23.3 Å². The normalized spacial score (nSPS) is 10.0. The van der Waals surface area contributed by atoms with Crippen molar-refractivity contribution in [3.05, 3.63) is 11.6 Å². The predicted molar refractivity (Wildman–Crippen MR) is 38.8 cm³/mol. The Morgan fingerprint density at radius 1 is 1.30 bits per heavy atom. The molecule has 0 atom stereocenters. The van der Waals surface area contributed by atoms with Gasteiger partial charge in [-0.2, -0.15) is 8.75 Å². The Labute approximate surface area is 65.0 Å². The van der Waals surface area contributed by atoms with Crippen molar-refractivity contribution < 1.29 is 0 Å². The summed E-state index contributed by atoms with van der Waals surface area (Å²) in [5.41, 5.74) is 1.61. The second-order valence-electron chi connectivity index (χ2n) is 1.58. The molecule has 10 heavy (non-hydrogen) atoms. The Morgan fingerprint density at radius 3 is 2.90 bits per heavy atom. The molecule has 0 radical (unpaired) electrons. The molecule has 0 aliphatic rings. The largest absolute Gasteiger partial charge is 0.181 e. The Morgan fingerprint density at radius 2 is 2.30 bits per heavy atom. The van der Waals surface area contributed by atoms with Gasteiger partial charge in [-0.3, -0.25) is 0 Å². The van der Waals surface area contributed by atoms with Crippen LogP contribution in [0.25, 0.3) is 11.4 Å². The topological polar surface area (TPSA) is 51.6 Å². The molecule has 50 valence electrons. The first-order valence-corrected chi connectivity index (χ1v) is 4.08. The Kier molecular flexibility index (Phi) is 1.40. The van der Waals surface area contributed by atoms with Crippen LogP contribution in [0.15, 0.2) is 11.6 Å². The summed E-state index contributed by atoms with van der Waals surface area (Å²) in [6.45, 7) is 0. The minimum atomic E-state index is 0.804. The molecule has 0 unspecified atom stereocenters. The van der Waals surface area contributed by atoms with Crippen molar-refractivity contribution in [2.24, 2.45) is 0 Å². The summed E-state index contributed by atoms with van der Waals surface area (Å²) < 4.78 is 11.5. The fraction of sp³-hybridized carbons (Fsp3) is 0. The van der Waals surface area contributed by atoms with Crippen LogP contribution in [-0.4, -0.2) is 18.3 Å². The first-order valence-electron chi connectivity index (χ1n) is 2.52. The average Bonchev–Trinajstić information content (AvgIpc) is 2.59. The molecule has 0 fully saturated rings. The molecule has 0 bridgehead atoms. The summed E-state index contributed by atoms with van der Waals surface area (Å²) in [7, 11) is 0. The minimum absolute atomic E-state index is 0.804. The van der Waals surface area contributed by atoms with Gasteiger partial charge in [0.05, 0.1) is 17.9 Å². The molecule has 0 saturated carbocycles. The van der Waals surface area contributed by atoms with E-state index in [1.807, 2.05) is 5.38 Å². The van der Waals surface area contributed by atoms with E-state index < -0.39 is 0 Å². The van der Waals surface area contributed by atoms with E-state index in [0.29, 0.717) is 0 Å². The molecule has 0 amide bonds. The second-order valence-corrected chi connectivity index (χ2v) is 2.75. The molecule has 2 heterocycles. The highest BCUT2D eigenvalue weighted by Crippen LogP contribution is 2.13. The molecule has 4 nitrogen and oxygen atoms in total. The van der Waals surface area contributed by atoms with Crippen LogP contribution in [0.2, 0.25) is 0 Å². The lowest BCUT2D eigenvalue weighted by molar-refractivity contribution is 1.15.